The van der Waals surface area contributed by atoms with Crippen molar-refractivity contribution in [2.45, 2.75) is 25.7 Å². The lowest BCUT2D eigenvalue weighted by molar-refractivity contribution is -0.123. The fourth-order valence-electron chi connectivity index (χ4n) is 2.67. The minimum absolute atomic E-state index is 0.0552. The van der Waals surface area contributed by atoms with Gasteiger partial charge in [0, 0.05) is 10.8 Å². The predicted molar refractivity (Wildman–Crippen MR) is 43.1 cm³/mol. The van der Waals surface area contributed by atoms with Gasteiger partial charge in [0.1, 0.15) is 0 Å². The summed E-state index contributed by atoms with van der Waals surface area (Å²) in [6.45, 7) is 0. The van der Waals surface area contributed by atoms with Gasteiger partial charge < -0.3 is 0 Å². The number of amides is 1. The van der Waals surface area contributed by atoms with Crippen molar-refractivity contribution in [3.63, 3.8) is 0 Å². The van der Waals surface area contributed by atoms with E-state index in [4.69, 9.17) is 5.53 Å². The third-order valence-corrected chi connectivity index (χ3v) is 3.20. The maximum Gasteiger partial charge on any atom is 0.222 e. The molecule has 0 saturated heterocycles. The molecular weight excluding hydrogens is 154 g/mol. The molecule has 2 aliphatic carbocycles. The Balaban J connectivity index is 2.07. The molecule has 0 aromatic rings. The van der Waals surface area contributed by atoms with Gasteiger partial charge in [0.25, 0.3) is 0 Å². The molecule has 4 nitrogen and oxygen atoms in total. The lowest BCUT2D eigenvalue weighted by Gasteiger charge is -2.17. The fourth-order valence-corrected chi connectivity index (χ4v) is 2.67. The molecule has 0 heterocycles. The second kappa shape index (κ2) is 2.79. The topological polar surface area (TPSA) is 65.8 Å². The minimum atomic E-state index is -0.232. The van der Waals surface area contributed by atoms with Crippen molar-refractivity contribution in [3.05, 3.63) is 10.4 Å². The summed E-state index contributed by atoms with van der Waals surface area (Å²) >= 11 is 0. The van der Waals surface area contributed by atoms with Crippen molar-refractivity contribution >= 4 is 5.91 Å². The molecule has 3 atom stereocenters. The average Bonchev–Trinajstić information content (AvgIpc) is 2.64. The Bertz CT molecular complexity index is 257. The number of nitrogens with zero attached hydrogens (tertiary/aromatic N) is 3. The Hall–Kier alpha value is -1.02. The monoisotopic (exact) mass is 165 g/mol. The van der Waals surface area contributed by atoms with Crippen LogP contribution in [-0.2, 0) is 4.79 Å². The molecule has 2 rings (SSSR count). The number of carbonyl (C=O) groups excluding carboxylic acids is 1. The van der Waals surface area contributed by atoms with Gasteiger partial charge in [-0.2, -0.15) is 0 Å². The summed E-state index contributed by atoms with van der Waals surface area (Å²) < 4.78 is 0. The van der Waals surface area contributed by atoms with Crippen molar-refractivity contribution in [1.82, 2.24) is 0 Å². The van der Waals surface area contributed by atoms with E-state index >= 15 is 0 Å². The van der Waals surface area contributed by atoms with Crippen molar-refractivity contribution in [2.24, 2.45) is 22.9 Å². The molecule has 2 bridgehead atoms. The van der Waals surface area contributed by atoms with Crippen LogP contribution < -0.4 is 0 Å². The van der Waals surface area contributed by atoms with E-state index in [0.29, 0.717) is 5.92 Å². The number of azide groups is 1. The highest BCUT2D eigenvalue weighted by Gasteiger charge is 2.42. The first-order chi connectivity index (χ1) is 5.81. The zero-order chi connectivity index (χ0) is 8.55. The highest BCUT2D eigenvalue weighted by Crippen LogP contribution is 2.48. The Morgan fingerprint density at radius 2 is 2.25 bits per heavy atom. The van der Waals surface area contributed by atoms with Crippen molar-refractivity contribution < 1.29 is 4.79 Å². The van der Waals surface area contributed by atoms with E-state index in [-0.39, 0.29) is 11.8 Å². The van der Waals surface area contributed by atoms with Crippen LogP contribution in [0, 0.1) is 17.8 Å². The first-order valence-corrected chi connectivity index (χ1v) is 4.40. The molecule has 3 unspecified atom stereocenters. The third kappa shape index (κ3) is 1.08. The summed E-state index contributed by atoms with van der Waals surface area (Å²) in [6.07, 6.45) is 4.56. The summed E-state index contributed by atoms with van der Waals surface area (Å²) in [4.78, 5) is 13.8. The Morgan fingerprint density at radius 1 is 1.42 bits per heavy atom. The molecule has 2 aliphatic rings. The van der Waals surface area contributed by atoms with Gasteiger partial charge in [-0.3, -0.25) is 4.79 Å². The van der Waals surface area contributed by atoms with Crippen molar-refractivity contribution in [1.29, 1.82) is 0 Å². The van der Waals surface area contributed by atoms with E-state index in [0.717, 1.165) is 18.8 Å². The standard InChI is InChI=1S/C8H11N3O/c9-11-10-8(12)7-4-5-1-2-6(7)3-5/h5-7H,1-4H2. The van der Waals surface area contributed by atoms with Gasteiger partial charge in [-0.1, -0.05) is 6.42 Å². The van der Waals surface area contributed by atoms with Crippen molar-refractivity contribution in [3.8, 4) is 0 Å². The Morgan fingerprint density at radius 3 is 2.75 bits per heavy atom. The van der Waals surface area contributed by atoms with Crippen LogP contribution in [-0.4, -0.2) is 5.91 Å². The van der Waals surface area contributed by atoms with Gasteiger partial charge in [-0.25, -0.2) is 0 Å². The van der Waals surface area contributed by atoms with Crippen LogP contribution in [0.5, 0.6) is 0 Å². The summed E-state index contributed by atoms with van der Waals surface area (Å²) in [6, 6.07) is 0. The van der Waals surface area contributed by atoms with Gasteiger partial charge in [0.15, 0.2) is 0 Å². The largest absolute Gasteiger partial charge is 0.292 e. The molecule has 0 aromatic heterocycles. The van der Waals surface area contributed by atoms with Crippen molar-refractivity contribution in [2.75, 3.05) is 0 Å². The third-order valence-electron chi connectivity index (χ3n) is 3.20. The molecule has 0 aromatic carbocycles. The van der Waals surface area contributed by atoms with Gasteiger partial charge in [-0.05, 0) is 41.7 Å². The number of carbonyl (C=O) groups is 1. The van der Waals surface area contributed by atoms with Crippen LogP contribution in [0.4, 0.5) is 0 Å². The van der Waals surface area contributed by atoms with E-state index in [9.17, 15) is 4.79 Å². The molecular formula is C8H11N3O. The van der Waals surface area contributed by atoms with Crippen LogP contribution in [0.2, 0.25) is 0 Å². The second-order valence-corrected chi connectivity index (χ2v) is 3.81. The van der Waals surface area contributed by atoms with Crippen LogP contribution in [0.15, 0.2) is 5.11 Å². The fraction of sp³-hybridized carbons (Fsp3) is 0.875. The highest BCUT2D eigenvalue weighted by atomic mass is 16.1. The molecule has 2 fully saturated rings. The van der Waals surface area contributed by atoms with Crippen LogP contribution >= 0.6 is 0 Å². The van der Waals surface area contributed by atoms with Gasteiger partial charge in [0.2, 0.25) is 5.91 Å². The lowest BCUT2D eigenvalue weighted by Crippen LogP contribution is -2.18. The number of rotatable bonds is 1. The second-order valence-electron chi connectivity index (χ2n) is 3.81. The SMILES string of the molecule is [N-]=[N+]=NC(=O)C1CC2CCC1C2. The zero-order valence-corrected chi connectivity index (χ0v) is 6.81. The predicted octanol–water partition coefficient (Wildman–Crippen LogP) is 2.26. The van der Waals surface area contributed by atoms with E-state index in [1.54, 1.807) is 0 Å². The molecule has 0 aliphatic heterocycles. The summed E-state index contributed by atoms with van der Waals surface area (Å²) in [5, 5.41) is 3.17. The molecule has 0 N–H and O–H groups in total. The zero-order valence-electron chi connectivity index (χ0n) is 6.81. The normalized spacial score (nSPS) is 37.8. The quantitative estimate of drug-likeness (QED) is 0.334. The van der Waals surface area contributed by atoms with E-state index in [1.165, 1.54) is 12.8 Å². The first kappa shape index (κ1) is 7.62. The Labute approximate surface area is 70.6 Å². The van der Waals surface area contributed by atoms with Gasteiger partial charge in [-0.15, -0.1) is 0 Å². The molecule has 12 heavy (non-hydrogen) atoms. The average molecular weight is 165 g/mol. The number of fused-ring (bicyclic) bond motifs is 2. The maximum atomic E-state index is 11.2. The van der Waals surface area contributed by atoms with E-state index < -0.39 is 0 Å². The first-order valence-electron chi connectivity index (χ1n) is 4.40. The smallest absolute Gasteiger partial charge is 0.222 e. The summed E-state index contributed by atoms with van der Waals surface area (Å²) in [5.41, 5.74) is 8.10. The molecule has 64 valence electrons. The maximum absolute atomic E-state index is 11.2. The van der Waals surface area contributed by atoms with Crippen LogP contribution in [0.1, 0.15) is 25.7 Å². The molecule has 0 radical (unpaired) electrons. The lowest BCUT2D eigenvalue weighted by atomic mass is 9.88. The van der Waals surface area contributed by atoms with Gasteiger partial charge >= 0.3 is 0 Å². The minimum Gasteiger partial charge on any atom is -0.292 e. The van der Waals surface area contributed by atoms with Crippen LogP contribution in [0.25, 0.3) is 10.4 Å². The highest BCUT2D eigenvalue weighted by molar-refractivity contribution is 5.80. The van der Waals surface area contributed by atoms with E-state index in [2.05, 4.69) is 10.0 Å². The Kier molecular flexibility index (Phi) is 1.77. The molecule has 4 heteroatoms. The number of hydrogen-bond donors (Lipinski definition) is 0. The molecule has 0 spiro atoms. The van der Waals surface area contributed by atoms with E-state index in [1.807, 2.05) is 0 Å². The number of hydrogen-bond acceptors (Lipinski definition) is 1. The molecule has 1 amide bonds. The van der Waals surface area contributed by atoms with Gasteiger partial charge in [0.05, 0.1) is 0 Å². The summed E-state index contributed by atoms with van der Waals surface area (Å²) in [7, 11) is 0. The molecule has 2 saturated carbocycles. The summed E-state index contributed by atoms with van der Waals surface area (Å²) in [5.74, 6) is 1.08. The van der Waals surface area contributed by atoms with Crippen LogP contribution in [0.3, 0.4) is 0 Å².